The maximum atomic E-state index is 11.9. The zero-order valence-electron chi connectivity index (χ0n) is 12.6. The molecule has 120 valence electrons. The summed E-state index contributed by atoms with van der Waals surface area (Å²) in [6.07, 6.45) is 0. The Balaban J connectivity index is 1.91. The van der Waals surface area contributed by atoms with Crippen LogP contribution in [0.4, 0.5) is 5.69 Å². The third-order valence-corrected chi connectivity index (χ3v) is 3.46. The van der Waals surface area contributed by atoms with Crippen LogP contribution in [-0.4, -0.2) is 25.0 Å². The molecule has 0 aliphatic heterocycles. The van der Waals surface area contributed by atoms with E-state index >= 15 is 0 Å². The van der Waals surface area contributed by atoms with Crippen LogP contribution in [0.1, 0.15) is 17.3 Å². The van der Waals surface area contributed by atoms with Gasteiger partial charge in [0.05, 0.1) is 0 Å². The van der Waals surface area contributed by atoms with E-state index < -0.39 is 0 Å². The molecule has 0 aromatic heterocycles. The fourth-order valence-electron chi connectivity index (χ4n) is 1.88. The molecule has 0 spiro atoms. The van der Waals surface area contributed by atoms with Crippen LogP contribution in [0.25, 0.3) is 0 Å². The van der Waals surface area contributed by atoms with Crippen molar-refractivity contribution < 1.29 is 14.3 Å². The number of ether oxygens (including phenoxy) is 1. The van der Waals surface area contributed by atoms with Gasteiger partial charge in [-0.05, 0) is 49.4 Å². The van der Waals surface area contributed by atoms with Crippen molar-refractivity contribution in [1.29, 1.82) is 0 Å². The molecule has 0 aliphatic rings. The van der Waals surface area contributed by atoms with Gasteiger partial charge in [0, 0.05) is 22.3 Å². The zero-order valence-corrected chi connectivity index (χ0v) is 14.2. The lowest BCUT2D eigenvalue weighted by Gasteiger charge is -2.09. The molecule has 0 bridgehead atoms. The summed E-state index contributed by atoms with van der Waals surface area (Å²) in [7, 11) is 0. The number of hydrogen-bond acceptors (Lipinski definition) is 3. The highest BCUT2D eigenvalue weighted by Crippen LogP contribution is 2.16. The summed E-state index contributed by atoms with van der Waals surface area (Å²) in [6, 6.07) is 14.0. The number of carbonyl (C=O) groups excluding carboxylic acids is 2. The molecular weight excluding hydrogens is 360 g/mol. The topological polar surface area (TPSA) is 67.4 Å². The normalized spacial score (nSPS) is 10.0. The van der Waals surface area contributed by atoms with E-state index in [1.54, 1.807) is 36.4 Å². The molecule has 0 saturated heterocycles. The molecule has 0 unspecified atom stereocenters. The minimum absolute atomic E-state index is 0.104. The number of rotatable bonds is 6. The second kappa shape index (κ2) is 8.33. The molecule has 0 atom stereocenters. The van der Waals surface area contributed by atoms with Crippen LogP contribution in [0.5, 0.6) is 5.75 Å². The smallest absolute Gasteiger partial charge is 0.262 e. The molecule has 2 rings (SSSR count). The first kappa shape index (κ1) is 17.0. The maximum absolute atomic E-state index is 11.9. The van der Waals surface area contributed by atoms with Gasteiger partial charge in [-0.2, -0.15) is 0 Å². The lowest BCUT2D eigenvalue weighted by molar-refractivity contribution is -0.118. The van der Waals surface area contributed by atoms with Crippen molar-refractivity contribution in [2.24, 2.45) is 0 Å². The second-order valence-corrected chi connectivity index (χ2v) is 5.65. The van der Waals surface area contributed by atoms with E-state index in [2.05, 4.69) is 26.6 Å². The number of hydrogen-bond donors (Lipinski definition) is 2. The molecule has 0 fully saturated rings. The van der Waals surface area contributed by atoms with Gasteiger partial charge in [-0.3, -0.25) is 9.59 Å². The summed E-state index contributed by atoms with van der Waals surface area (Å²) in [5.41, 5.74) is 1.05. The lowest BCUT2D eigenvalue weighted by Crippen LogP contribution is -2.23. The van der Waals surface area contributed by atoms with E-state index in [1.165, 1.54) is 0 Å². The fourth-order valence-corrected chi connectivity index (χ4v) is 2.14. The highest BCUT2D eigenvalue weighted by atomic mass is 79.9. The molecule has 2 aromatic rings. The number of carbonyl (C=O) groups is 2. The Labute approximate surface area is 143 Å². The van der Waals surface area contributed by atoms with Gasteiger partial charge in [0.15, 0.2) is 6.61 Å². The molecule has 0 saturated carbocycles. The van der Waals surface area contributed by atoms with Crippen LogP contribution in [0, 0.1) is 0 Å². The molecule has 6 heteroatoms. The van der Waals surface area contributed by atoms with Crippen LogP contribution < -0.4 is 15.4 Å². The van der Waals surface area contributed by atoms with Crippen molar-refractivity contribution >= 4 is 33.4 Å². The molecule has 5 nitrogen and oxygen atoms in total. The SMILES string of the molecule is CCNC(=O)c1cccc(NC(=O)COc2ccc(Br)cc2)c1. The molecular formula is C17H17BrN2O3. The van der Waals surface area contributed by atoms with Crippen molar-refractivity contribution in [1.82, 2.24) is 5.32 Å². The van der Waals surface area contributed by atoms with Crippen LogP contribution >= 0.6 is 15.9 Å². The Bertz CT molecular complexity index is 686. The zero-order chi connectivity index (χ0) is 16.7. The summed E-state index contributed by atoms with van der Waals surface area (Å²) in [5, 5.41) is 5.42. The van der Waals surface area contributed by atoms with Crippen molar-refractivity contribution in [3.8, 4) is 5.75 Å². The molecule has 2 aromatic carbocycles. The Morgan fingerprint density at radius 1 is 1.13 bits per heavy atom. The van der Waals surface area contributed by atoms with Gasteiger partial charge < -0.3 is 15.4 Å². The van der Waals surface area contributed by atoms with E-state index in [0.717, 1.165) is 4.47 Å². The van der Waals surface area contributed by atoms with Gasteiger partial charge in [0.2, 0.25) is 0 Å². The molecule has 2 N–H and O–H groups in total. The van der Waals surface area contributed by atoms with Gasteiger partial charge in [-0.15, -0.1) is 0 Å². The predicted molar refractivity (Wildman–Crippen MR) is 92.7 cm³/mol. The third kappa shape index (κ3) is 5.41. The van der Waals surface area contributed by atoms with Gasteiger partial charge in [-0.1, -0.05) is 22.0 Å². The standard InChI is InChI=1S/C17H17BrN2O3/c1-2-19-17(22)12-4-3-5-14(10-12)20-16(21)11-23-15-8-6-13(18)7-9-15/h3-10H,2,11H2,1H3,(H,19,22)(H,20,21). The number of amides is 2. The average molecular weight is 377 g/mol. The van der Waals surface area contributed by atoms with E-state index in [9.17, 15) is 9.59 Å². The Kier molecular flexibility index (Phi) is 6.17. The summed E-state index contributed by atoms with van der Waals surface area (Å²) in [6.45, 7) is 2.30. The summed E-state index contributed by atoms with van der Waals surface area (Å²) < 4.78 is 6.34. The number of nitrogens with one attached hydrogen (secondary N) is 2. The summed E-state index contributed by atoms with van der Waals surface area (Å²) in [4.78, 5) is 23.7. The minimum Gasteiger partial charge on any atom is -0.484 e. The van der Waals surface area contributed by atoms with Gasteiger partial charge in [-0.25, -0.2) is 0 Å². The molecule has 0 radical (unpaired) electrons. The van der Waals surface area contributed by atoms with Crippen LogP contribution in [0.15, 0.2) is 53.0 Å². The highest BCUT2D eigenvalue weighted by molar-refractivity contribution is 9.10. The van der Waals surface area contributed by atoms with Crippen LogP contribution in [0.2, 0.25) is 0 Å². The summed E-state index contributed by atoms with van der Waals surface area (Å²) in [5.74, 6) is 0.148. The number of halogens is 1. The first-order valence-electron chi connectivity index (χ1n) is 7.15. The third-order valence-electron chi connectivity index (χ3n) is 2.93. The van der Waals surface area contributed by atoms with Gasteiger partial charge in [0.25, 0.3) is 11.8 Å². The van der Waals surface area contributed by atoms with Crippen molar-refractivity contribution in [3.05, 3.63) is 58.6 Å². The van der Waals surface area contributed by atoms with Gasteiger partial charge >= 0.3 is 0 Å². The minimum atomic E-state index is -0.291. The van der Waals surface area contributed by atoms with Crippen LogP contribution in [-0.2, 0) is 4.79 Å². The van der Waals surface area contributed by atoms with Crippen molar-refractivity contribution in [2.75, 3.05) is 18.5 Å². The Hall–Kier alpha value is -2.34. The predicted octanol–water partition coefficient (Wildman–Crippen LogP) is 3.22. The maximum Gasteiger partial charge on any atom is 0.262 e. The monoisotopic (exact) mass is 376 g/mol. The lowest BCUT2D eigenvalue weighted by atomic mass is 10.2. The largest absolute Gasteiger partial charge is 0.484 e. The molecule has 0 heterocycles. The molecule has 23 heavy (non-hydrogen) atoms. The quantitative estimate of drug-likeness (QED) is 0.813. The van der Waals surface area contributed by atoms with Crippen molar-refractivity contribution in [2.45, 2.75) is 6.92 Å². The van der Waals surface area contributed by atoms with Crippen LogP contribution in [0.3, 0.4) is 0 Å². The summed E-state index contributed by atoms with van der Waals surface area (Å²) >= 11 is 3.33. The number of anilines is 1. The first-order valence-corrected chi connectivity index (χ1v) is 7.94. The second-order valence-electron chi connectivity index (χ2n) is 4.73. The Morgan fingerprint density at radius 2 is 1.87 bits per heavy atom. The van der Waals surface area contributed by atoms with E-state index in [1.807, 2.05) is 19.1 Å². The highest BCUT2D eigenvalue weighted by Gasteiger charge is 2.07. The van der Waals surface area contributed by atoms with Gasteiger partial charge in [0.1, 0.15) is 5.75 Å². The Morgan fingerprint density at radius 3 is 2.57 bits per heavy atom. The fraction of sp³-hybridized carbons (Fsp3) is 0.176. The van der Waals surface area contributed by atoms with E-state index in [-0.39, 0.29) is 18.4 Å². The number of benzene rings is 2. The molecule has 0 aliphatic carbocycles. The van der Waals surface area contributed by atoms with Crippen molar-refractivity contribution in [3.63, 3.8) is 0 Å². The van der Waals surface area contributed by atoms with E-state index in [4.69, 9.17) is 4.74 Å². The van der Waals surface area contributed by atoms with E-state index in [0.29, 0.717) is 23.5 Å². The molecule has 2 amide bonds. The average Bonchev–Trinajstić information content (AvgIpc) is 2.55. The first-order chi connectivity index (χ1) is 11.1.